The summed E-state index contributed by atoms with van der Waals surface area (Å²) in [5.41, 5.74) is 1.67. The number of nitrogens with zero attached hydrogens (tertiary/aromatic N) is 1. The van der Waals surface area contributed by atoms with E-state index in [2.05, 4.69) is 24.8 Å². The molecule has 1 aliphatic heterocycles. The van der Waals surface area contributed by atoms with E-state index in [9.17, 15) is 9.90 Å². The molecule has 0 radical (unpaired) electrons. The first-order chi connectivity index (χ1) is 13.4. The highest BCUT2D eigenvalue weighted by atomic mass is 16.5. The highest BCUT2D eigenvalue weighted by molar-refractivity contribution is 5.89. The van der Waals surface area contributed by atoms with Crippen LogP contribution in [0.25, 0.3) is 0 Å². The number of allylic oxidation sites excluding steroid dienone is 1. The second-order valence-corrected chi connectivity index (χ2v) is 10.8. The first-order valence-electron chi connectivity index (χ1n) is 11.6. The van der Waals surface area contributed by atoms with E-state index in [1.807, 2.05) is 0 Å². The Morgan fingerprint density at radius 1 is 1.14 bits per heavy atom. The van der Waals surface area contributed by atoms with Gasteiger partial charge in [0.05, 0.1) is 19.3 Å². The molecule has 0 unspecified atom stereocenters. The van der Waals surface area contributed by atoms with Gasteiger partial charge in [0.1, 0.15) is 5.78 Å². The van der Waals surface area contributed by atoms with Gasteiger partial charge in [-0.25, -0.2) is 0 Å². The van der Waals surface area contributed by atoms with E-state index in [1.165, 1.54) is 12.0 Å². The Balaban J connectivity index is 1.38. The number of hydrogen-bond donors (Lipinski definition) is 1. The van der Waals surface area contributed by atoms with Gasteiger partial charge in [0.2, 0.25) is 0 Å². The molecule has 0 spiro atoms. The Hall–Kier alpha value is -0.710. The smallest absolute Gasteiger partial charge is 0.143 e. The number of carbonyl (C=O) groups is 1. The fraction of sp³-hybridized carbons (Fsp3) is 0.875. The van der Waals surface area contributed by atoms with Crippen molar-refractivity contribution in [1.82, 2.24) is 4.90 Å². The Morgan fingerprint density at radius 2 is 1.89 bits per heavy atom. The topological polar surface area (TPSA) is 49.8 Å². The molecular formula is C24H37NO3. The summed E-state index contributed by atoms with van der Waals surface area (Å²) in [6.07, 6.45) is 9.74. The van der Waals surface area contributed by atoms with Crippen molar-refractivity contribution in [2.75, 3.05) is 32.8 Å². The number of hydrogen-bond acceptors (Lipinski definition) is 4. The number of ketones is 1. The third-order valence-electron chi connectivity index (χ3n) is 9.52. The predicted molar refractivity (Wildman–Crippen MR) is 109 cm³/mol. The molecule has 1 saturated heterocycles. The van der Waals surface area contributed by atoms with Gasteiger partial charge >= 0.3 is 0 Å². The third-order valence-corrected chi connectivity index (χ3v) is 9.52. The summed E-state index contributed by atoms with van der Waals surface area (Å²) in [7, 11) is 0. The summed E-state index contributed by atoms with van der Waals surface area (Å²) in [6, 6.07) is 0. The van der Waals surface area contributed by atoms with E-state index in [0.29, 0.717) is 23.5 Å². The molecule has 156 valence electrons. The number of rotatable bonds is 2. The summed E-state index contributed by atoms with van der Waals surface area (Å²) in [4.78, 5) is 16.0. The van der Waals surface area contributed by atoms with E-state index in [1.54, 1.807) is 0 Å². The van der Waals surface area contributed by atoms with E-state index in [0.717, 1.165) is 71.4 Å². The van der Waals surface area contributed by atoms with Gasteiger partial charge in [0, 0.05) is 31.0 Å². The highest BCUT2D eigenvalue weighted by Crippen LogP contribution is 2.64. The maximum atomic E-state index is 13.5. The quantitative estimate of drug-likeness (QED) is 0.738. The van der Waals surface area contributed by atoms with Crippen LogP contribution in [-0.4, -0.2) is 54.7 Å². The summed E-state index contributed by atoms with van der Waals surface area (Å²) in [5, 5.41) is 10.2. The predicted octanol–water partition coefficient (Wildman–Crippen LogP) is 3.44. The van der Waals surface area contributed by atoms with Crippen LogP contribution in [-0.2, 0) is 9.53 Å². The number of morpholine rings is 1. The van der Waals surface area contributed by atoms with Crippen LogP contribution in [0, 0.1) is 34.5 Å². The van der Waals surface area contributed by atoms with Crippen LogP contribution in [0.1, 0.15) is 58.8 Å². The average molecular weight is 388 g/mol. The van der Waals surface area contributed by atoms with Crippen molar-refractivity contribution in [3.63, 3.8) is 0 Å². The monoisotopic (exact) mass is 387 g/mol. The number of carbonyl (C=O) groups excluding carboxylic acids is 1. The number of aliphatic hydroxyl groups excluding tert-OH is 1. The molecule has 28 heavy (non-hydrogen) atoms. The number of fused-ring (bicyclic) bond motifs is 5. The zero-order valence-electron chi connectivity index (χ0n) is 17.7. The van der Waals surface area contributed by atoms with Crippen molar-refractivity contribution in [1.29, 1.82) is 0 Å². The van der Waals surface area contributed by atoms with E-state index < -0.39 is 0 Å². The second-order valence-electron chi connectivity index (χ2n) is 10.8. The molecule has 5 rings (SSSR count). The van der Waals surface area contributed by atoms with Crippen molar-refractivity contribution in [3.05, 3.63) is 11.6 Å². The first kappa shape index (κ1) is 19.3. The Labute approximate surface area is 169 Å². The summed E-state index contributed by atoms with van der Waals surface area (Å²) >= 11 is 0. The lowest BCUT2D eigenvalue weighted by molar-refractivity contribution is -0.134. The normalized spacial score (nSPS) is 49.2. The van der Waals surface area contributed by atoms with Crippen molar-refractivity contribution in [2.24, 2.45) is 34.5 Å². The van der Waals surface area contributed by atoms with E-state index >= 15 is 0 Å². The SMILES string of the molecule is C[C@]12CC[C@@H](O)CC1=CC[C@@H]1[C@@H]2CC[C@]2(C)C(=O)[C@H](CN3CCOCC3)C[C@@H]12. The highest BCUT2D eigenvalue weighted by Gasteiger charge is 2.61. The van der Waals surface area contributed by atoms with Gasteiger partial charge in [0.15, 0.2) is 0 Å². The molecule has 3 saturated carbocycles. The van der Waals surface area contributed by atoms with Crippen molar-refractivity contribution >= 4 is 5.78 Å². The van der Waals surface area contributed by atoms with Crippen molar-refractivity contribution in [3.8, 4) is 0 Å². The van der Waals surface area contributed by atoms with Gasteiger partial charge in [-0.2, -0.15) is 0 Å². The van der Waals surface area contributed by atoms with E-state index in [-0.39, 0.29) is 22.9 Å². The van der Waals surface area contributed by atoms with Crippen LogP contribution in [0.15, 0.2) is 11.6 Å². The summed E-state index contributed by atoms with van der Waals surface area (Å²) < 4.78 is 5.49. The van der Waals surface area contributed by atoms with Gasteiger partial charge in [-0.1, -0.05) is 25.5 Å². The van der Waals surface area contributed by atoms with Gasteiger partial charge in [-0.05, 0) is 68.1 Å². The minimum absolute atomic E-state index is 0.103. The Morgan fingerprint density at radius 3 is 2.68 bits per heavy atom. The maximum Gasteiger partial charge on any atom is 0.143 e. The molecule has 0 amide bonds. The molecule has 4 heteroatoms. The lowest BCUT2D eigenvalue weighted by atomic mass is 9.48. The average Bonchev–Trinajstić information content (AvgIpc) is 2.94. The Bertz CT molecular complexity index is 669. The van der Waals surface area contributed by atoms with Gasteiger partial charge in [0.25, 0.3) is 0 Å². The van der Waals surface area contributed by atoms with Crippen LogP contribution in [0.3, 0.4) is 0 Å². The molecule has 5 aliphatic rings. The minimum atomic E-state index is -0.143. The molecule has 0 aromatic heterocycles. The third kappa shape index (κ3) is 2.86. The Kier molecular flexibility index (Phi) is 4.76. The minimum Gasteiger partial charge on any atom is -0.393 e. The second kappa shape index (κ2) is 6.92. The standard InChI is InChI=1S/C24H37NO3/c1-23-7-5-18(26)14-17(23)3-4-19-20(23)6-8-24(2)21(19)13-16(22(24)27)15-25-9-11-28-12-10-25/h3,16,18-21,26H,4-15H2,1-2H3/t16-,18+,19+,20-,21-,23-,24-/m0/s1. The van der Waals surface area contributed by atoms with Crippen molar-refractivity contribution < 1.29 is 14.6 Å². The molecule has 4 fully saturated rings. The molecule has 0 aromatic rings. The fourth-order valence-corrected chi connectivity index (χ4v) is 7.84. The van der Waals surface area contributed by atoms with Crippen molar-refractivity contribution in [2.45, 2.75) is 64.9 Å². The summed E-state index contributed by atoms with van der Waals surface area (Å²) in [6.45, 7) is 9.27. The van der Waals surface area contributed by atoms with Gasteiger partial charge in [-0.3, -0.25) is 9.69 Å². The van der Waals surface area contributed by atoms with Gasteiger partial charge < -0.3 is 9.84 Å². The molecule has 4 nitrogen and oxygen atoms in total. The molecule has 0 aromatic carbocycles. The van der Waals surface area contributed by atoms with Crippen LogP contribution < -0.4 is 0 Å². The van der Waals surface area contributed by atoms with E-state index in [4.69, 9.17) is 4.74 Å². The van der Waals surface area contributed by atoms with Crippen LogP contribution >= 0.6 is 0 Å². The number of Topliss-reactive ketones (excluding diaryl/α,β-unsaturated/α-hetero) is 1. The van der Waals surface area contributed by atoms with Crippen LogP contribution in [0.5, 0.6) is 0 Å². The van der Waals surface area contributed by atoms with Crippen LogP contribution in [0.2, 0.25) is 0 Å². The molecule has 4 aliphatic carbocycles. The zero-order valence-corrected chi connectivity index (χ0v) is 17.7. The molecule has 7 atom stereocenters. The summed E-state index contributed by atoms with van der Waals surface area (Å²) in [5.74, 6) is 2.68. The fourth-order valence-electron chi connectivity index (χ4n) is 7.84. The molecule has 1 heterocycles. The van der Waals surface area contributed by atoms with Crippen LogP contribution in [0.4, 0.5) is 0 Å². The largest absolute Gasteiger partial charge is 0.393 e. The van der Waals surface area contributed by atoms with Gasteiger partial charge in [-0.15, -0.1) is 0 Å². The number of aliphatic hydroxyl groups is 1. The maximum absolute atomic E-state index is 13.5. The lowest BCUT2D eigenvalue weighted by Gasteiger charge is -2.56. The lowest BCUT2D eigenvalue weighted by Crippen LogP contribution is -2.50. The molecular weight excluding hydrogens is 350 g/mol. The number of ether oxygens (including phenoxy) is 1. The zero-order chi connectivity index (χ0) is 19.5. The first-order valence-corrected chi connectivity index (χ1v) is 11.6. The molecule has 0 bridgehead atoms. The molecule has 1 N–H and O–H groups in total.